The van der Waals surface area contributed by atoms with Crippen molar-refractivity contribution in [1.82, 2.24) is 10.3 Å². The van der Waals surface area contributed by atoms with Gasteiger partial charge in [0.25, 0.3) is 0 Å². The molecule has 1 atom stereocenters. The molecule has 0 aliphatic rings. The largest absolute Gasteiger partial charge is 0.467 e. The number of carbonyl (C=O) groups excluding carboxylic acids is 2. The second kappa shape index (κ2) is 7.83. The van der Waals surface area contributed by atoms with Gasteiger partial charge in [-0.3, -0.25) is 0 Å². The number of alkyl halides is 1. The Morgan fingerprint density at radius 2 is 2.06 bits per heavy atom. The molecule has 1 N–H and O–H groups in total. The molecule has 0 saturated heterocycles. The lowest BCUT2D eigenvalue weighted by atomic mass is 10.1. The molecule has 8 heteroatoms. The number of amides is 2. The van der Waals surface area contributed by atoms with Gasteiger partial charge in [0.2, 0.25) is 0 Å². The van der Waals surface area contributed by atoms with Crippen molar-refractivity contribution >= 4 is 23.6 Å². The molecule has 0 rings (SSSR count). The monoisotopic (exact) mass is 265 g/mol. The second-order valence-corrected chi connectivity index (χ2v) is 3.97. The van der Waals surface area contributed by atoms with Crippen molar-refractivity contribution in [3.8, 4) is 0 Å². The first-order valence-electron chi connectivity index (χ1n) is 5.03. The number of nitroso groups, excluding NO2 is 1. The minimum Gasteiger partial charge on any atom is -0.467 e. The quantitative estimate of drug-likeness (QED) is 0.337. The van der Waals surface area contributed by atoms with Gasteiger partial charge >= 0.3 is 12.0 Å². The number of nitrogens with one attached hydrogen (secondary N) is 1. The van der Waals surface area contributed by atoms with E-state index < -0.39 is 18.0 Å². The van der Waals surface area contributed by atoms with E-state index in [1.807, 2.05) is 0 Å². The fourth-order valence-corrected chi connectivity index (χ4v) is 1.25. The Labute approximate surface area is 104 Å². The maximum absolute atomic E-state index is 11.6. The van der Waals surface area contributed by atoms with Crippen LogP contribution in [0.2, 0.25) is 0 Å². The molecule has 0 saturated carbocycles. The average Bonchev–Trinajstić information content (AvgIpc) is 2.31. The van der Waals surface area contributed by atoms with Gasteiger partial charge in [0.15, 0.2) is 0 Å². The summed E-state index contributed by atoms with van der Waals surface area (Å²) >= 11 is 5.40. The second-order valence-electron chi connectivity index (χ2n) is 3.59. The molecule has 0 radical (unpaired) electrons. The Kier molecular flexibility index (Phi) is 7.20. The van der Waals surface area contributed by atoms with Crippen LogP contribution < -0.4 is 5.32 Å². The van der Waals surface area contributed by atoms with Crippen LogP contribution >= 0.6 is 11.6 Å². The summed E-state index contributed by atoms with van der Waals surface area (Å²) in [5.41, 5.74) is 0. The van der Waals surface area contributed by atoms with Gasteiger partial charge in [-0.05, 0) is 5.92 Å². The zero-order valence-corrected chi connectivity index (χ0v) is 10.7. The van der Waals surface area contributed by atoms with Crippen LogP contribution in [0.4, 0.5) is 4.79 Å². The lowest BCUT2D eigenvalue weighted by molar-refractivity contribution is -0.144. The number of carbonyl (C=O) groups is 2. The molecule has 17 heavy (non-hydrogen) atoms. The summed E-state index contributed by atoms with van der Waals surface area (Å²) in [5, 5.41) is 5.49. The van der Waals surface area contributed by atoms with Gasteiger partial charge in [-0.25, -0.2) is 9.59 Å². The number of esters is 1. The third-order valence-electron chi connectivity index (χ3n) is 2.03. The van der Waals surface area contributed by atoms with Crippen molar-refractivity contribution in [2.45, 2.75) is 19.9 Å². The number of ether oxygens (including phenoxy) is 1. The number of hydrogen-bond donors (Lipinski definition) is 1. The first-order valence-corrected chi connectivity index (χ1v) is 5.56. The Morgan fingerprint density at radius 1 is 1.47 bits per heavy atom. The van der Waals surface area contributed by atoms with Gasteiger partial charge < -0.3 is 10.1 Å². The van der Waals surface area contributed by atoms with E-state index in [1.165, 1.54) is 7.11 Å². The minimum atomic E-state index is -0.827. The van der Waals surface area contributed by atoms with E-state index in [0.717, 1.165) is 0 Å². The summed E-state index contributed by atoms with van der Waals surface area (Å²) in [4.78, 5) is 33.3. The van der Waals surface area contributed by atoms with Gasteiger partial charge in [-0.15, -0.1) is 16.5 Å². The molecule has 0 aliphatic heterocycles. The highest BCUT2D eigenvalue weighted by Crippen LogP contribution is 2.05. The molecule has 2 amide bonds. The summed E-state index contributed by atoms with van der Waals surface area (Å²) in [6, 6.07) is -1.60. The van der Waals surface area contributed by atoms with Gasteiger partial charge in [-0.2, -0.15) is 5.01 Å². The van der Waals surface area contributed by atoms with Crippen molar-refractivity contribution < 1.29 is 14.3 Å². The molecule has 0 bridgehead atoms. The zero-order valence-electron chi connectivity index (χ0n) is 9.97. The summed E-state index contributed by atoms with van der Waals surface area (Å²) in [7, 11) is 1.22. The van der Waals surface area contributed by atoms with Crippen LogP contribution in [0.25, 0.3) is 0 Å². The molecule has 0 aromatic heterocycles. The molecule has 0 heterocycles. The zero-order chi connectivity index (χ0) is 13.4. The van der Waals surface area contributed by atoms with E-state index in [0.29, 0.717) is 5.01 Å². The van der Waals surface area contributed by atoms with E-state index in [4.69, 9.17) is 11.6 Å². The lowest BCUT2D eigenvalue weighted by Crippen LogP contribution is -2.49. The highest BCUT2D eigenvalue weighted by molar-refractivity contribution is 6.18. The minimum absolute atomic E-state index is 0.0249. The van der Waals surface area contributed by atoms with Crippen LogP contribution in [-0.4, -0.2) is 42.6 Å². The molecule has 0 unspecified atom stereocenters. The van der Waals surface area contributed by atoms with Crippen LogP contribution in [0.1, 0.15) is 13.8 Å². The molecule has 7 nitrogen and oxygen atoms in total. The topological polar surface area (TPSA) is 88.1 Å². The van der Waals surface area contributed by atoms with E-state index in [9.17, 15) is 14.5 Å². The molecule has 0 spiro atoms. The van der Waals surface area contributed by atoms with E-state index in [-0.39, 0.29) is 18.3 Å². The Balaban J connectivity index is 4.59. The predicted molar refractivity (Wildman–Crippen MR) is 62.4 cm³/mol. The maximum atomic E-state index is 11.6. The van der Waals surface area contributed by atoms with Crippen molar-refractivity contribution in [3.05, 3.63) is 4.91 Å². The highest BCUT2D eigenvalue weighted by atomic mass is 35.5. The number of methoxy groups -OCH3 is 1. The van der Waals surface area contributed by atoms with Crippen molar-refractivity contribution in [2.24, 2.45) is 11.2 Å². The van der Waals surface area contributed by atoms with Crippen molar-refractivity contribution in [2.75, 3.05) is 19.5 Å². The Hall–Kier alpha value is -1.37. The molecule has 98 valence electrons. The van der Waals surface area contributed by atoms with Crippen LogP contribution in [0.3, 0.4) is 0 Å². The van der Waals surface area contributed by atoms with E-state index >= 15 is 0 Å². The standard InChI is InChI=1S/C9H16ClN3O4/c1-6(2)7(8(14)17-3)11-9(15)13(12-16)5-4-10/h6-7H,4-5H2,1-3H3,(H,11,15)/t7-/m0/s1. The average molecular weight is 266 g/mol. The SMILES string of the molecule is COC(=O)[C@@H](NC(=O)N(CCCl)N=O)C(C)C. The van der Waals surface area contributed by atoms with Crippen molar-refractivity contribution in [3.63, 3.8) is 0 Å². The summed E-state index contributed by atoms with van der Waals surface area (Å²) in [6.45, 7) is 3.45. The highest BCUT2D eigenvalue weighted by Gasteiger charge is 2.27. The molecular formula is C9H16ClN3O4. The third kappa shape index (κ3) is 4.99. The van der Waals surface area contributed by atoms with E-state index in [2.05, 4.69) is 15.3 Å². The molecular weight excluding hydrogens is 250 g/mol. The van der Waals surface area contributed by atoms with Gasteiger partial charge in [0, 0.05) is 5.88 Å². The third-order valence-corrected chi connectivity index (χ3v) is 2.20. The van der Waals surface area contributed by atoms with Gasteiger partial charge in [0.1, 0.15) is 6.04 Å². The number of urea groups is 1. The normalized spacial score (nSPS) is 11.8. The van der Waals surface area contributed by atoms with Crippen LogP contribution in [0.5, 0.6) is 0 Å². The number of nitrogens with zero attached hydrogens (tertiary/aromatic N) is 2. The van der Waals surface area contributed by atoms with Crippen LogP contribution in [-0.2, 0) is 9.53 Å². The molecule has 0 aromatic carbocycles. The summed E-state index contributed by atoms with van der Waals surface area (Å²) < 4.78 is 4.54. The summed E-state index contributed by atoms with van der Waals surface area (Å²) in [5.74, 6) is -0.676. The molecule has 0 fully saturated rings. The number of hydrogen-bond acceptors (Lipinski definition) is 5. The predicted octanol–water partition coefficient (Wildman–Crippen LogP) is 1.12. The fraction of sp³-hybridized carbons (Fsp3) is 0.778. The first-order chi connectivity index (χ1) is 7.97. The smallest absolute Gasteiger partial charge is 0.341 e. The van der Waals surface area contributed by atoms with E-state index in [1.54, 1.807) is 13.8 Å². The first kappa shape index (κ1) is 15.6. The Morgan fingerprint density at radius 3 is 2.41 bits per heavy atom. The van der Waals surface area contributed by atoms with Crippen molar-refractivity contribution in [1.29, 1.82) is 0 Å². The lowest BCUT2D eigenvalue weighted by Gasteiger charge is -2.21. The van der Waals surface area contributed by atoms with Gasteiger partial charge in [-0.1, -0.05) is 13.8 Å². The van der Waals surface area contributed by atoms with Gasteiger partial charge in [0.05, 0.1) is 18.9 Å². The maximum Gasteiger partial charge on any atom is 0.341 e. The Bertz CT molecular complexity index is 285. The fourth-order valence-electron chi connectivity index (χ4n) is 1.09. The molecule has 0 aliphatic carbocycles. The van der Waals surface area contributed by atoms with Crippen LogP contribution in [0, 0.1) is 10.8 Å². The summed E-state index contributed by atoms with van der Waals surface area (Å²) in [6.07, 6.45) is 0. The van der Waals surface area contributed by atoms with Crippen LogP contribution in [0.15, 0.2) is 5.29 Å². The molecule has 0 aromatic rings. The number of rotatable bonds is 6. The number of halogens is 1.